The zero-order valence-corrected chi connectivity index (χ0v) is 19.3. The number of ether oxygens (including phenoxy) is 2. The van der Waals surface area contributed by atoms with Gasteiger partial charge in [0, 0.05) is 5.75 Å². The maximum Gasteiger partial charge on any atom is 0.268 e. The Morgan fingerprint density at radius 1 is 0.871 bits per heavy atom. The molecule has 0 atom stereocenters. The number of amides is 2. The smallest absolute Gasteiger partial charge is 0.268 e. The van der Waals surface area contributed by atoms with Gasteiger partial charge in [-0.2, -0.15) is 0 Å². The van der Waals surface area contributed by atoms with Crippen LogP contribution in [-0.4, -0.2) is 42.1 Å². The highest BCUT2D eigenvalue weighted by Crippen LogP contribution is 2.38. The van der Waals surface area contributed by atoms with E-state index in [1.807, 2.05) is 82.3 Å². The van der Waals surface area contributed by atoms with E-state index in [0.717, 1.165) is 16.9 Å². The van der Waals surface area contributed by atoms with E-state index in [4.69, 9.17) is 9.47 Å². The maximum absolute atomic E-state index is 13.2. The first-order chi connectivity index (χ1) is 14.9. The SMILES string of the molecule is CC(C)OCCN1C(=O)C(SCc2ccccc2)=C(c2ccc(OC(C)C)cc2)C1=O. The summed E-state index contributed by atoms with van der Waals surface area (Å²) in [6.45, 7) is 8.35. The van der Waals surface area contributed by atoms with Crippen LogP contribution < -0.4 is 4.74 Å². The zero-order chi connectivity index (χ0) is 22.4. The van der Waals surface area contributed by atoms with E-state index in [-0.39, 0.29) is 30.6 Å². The average Bonchev–Trinajstić information content (AvgIpc) is 2.97. The van der Waals surface area contributed by atoms with Crippen LogP contribution in [0.5, 0.6) is 5.75 Å². The van der Waals surface area contributed by atoms with Crippen molar-refractivity contribution >= 4 is 29.1 Å². The van der Waals surface area contributed by atoms with Crippen molar-refractivity contribution in [1.82, 2.24) is 4.90 Å². The average molecular weight is 440 g/mol. The Kier molecular flexibility index (Phi) is 7.93. The van der Waals surface area contributed by atoms with Gasteiger partial charge in [0.25, 0.3) is 11.8 Å². The normalized spacial score (nSPS) is 14.3. The van der Waals surface area contributed by atoms with Crippen LogP contribution in [0.15, 0.2) is 59.5 Å². The molecule has 2 aromatic rings. The van der Waals surface area contributed by atoms with Crippen molar-refractivity contribution in [2.24, 2.45) is 0 Å². The fraction of sp³-hybridized carbons (Fsp3) is 0.360. The lowest BCUT2D eigenvalue weighted by molar-refractivity contribution is -0.137. The van der Waals surface area contributed by atoms with Gasteiger partial charge in [-0.05, 0) is 51.0 Å². The van der Waals surface area contributed by atoms with E-state index in [0.29, 0.717) is 22.8 Å². The van der Waals surface area contributed by atoms with Crippen LogP contribution >= 0.6 is 11.8 Å². The van der Waals surface area contributed by atoms with Crippen LogP contribution in [0.3, 0.4) is 0 Å². The van der Waals surface area contributed by atoms with Gasteiger partial charge in [-0.15, -0.1) is 11.8 Å². The second-order valence-corrected chi connectivity index (χ2v) is 8.84. The number of imide groups is 1. The highest BCUT2D eigenvalue weighted by molar-refractivity contribution is 8.03. The van der Waals surface area contributed by atoms with Gasteiger partial charge >= 0.3 is 0 Å². The maximum atomic E-state index is 13.2. The quantitative estimate of drug-likeness (QED) is 0.492. The molecule has 0 spiro atoms. The molecule has 0 N–H and O–H groups in total. The zero-order valence-electron chi connectivity index (χ0n) is 18.5. The first-order valence-corrected chi connectivity index (χ1v) is 11.5. The predicted molar refractivity (Wildman–Crippen MR) is 125 cm³/mol. The molecule has 1 aliphatic heterocycles. The molecule has 0 fully saturated rings. The minimum Gasteiger partial charge on any atom is -0.491 e. The molecule has 0 aromatic heterocycles. The van der Waals surface area contributed by atoms with Crippen molar-refractivity contribution < 1.29 is 19.1 Å². The van der Waals surface area contributed by atoms with Gasteiger partial charge in [0.1, 0.15) is 5.75 Å². The molecule has 2 aromatic carbocycles. The number of thioether (sulfide) groups is 1. The lowest BCUT2D eigenvalue weighted by Crippen LogP contribution is -2.35. The van der Waals surface area contributed by atoms with Crippen LogP contribution in [0.1, 0.15) is 38.8 Å². The van der Waals surface area contributed by atoms with Gasteiger partial charge in [0.05, 0.1) is 35.8 Å². The molecule has 0 unspecified atom stereocenters. The highest BCUT2D eigenvalue weighted by Gasteiger charge is 2.38. The standard InChI is InChI=1S/C25H29NO4S/c1-17(2)29-15-14-26-24(27)22(20-10-12-21(13-11-20)30-18(3)4)23(25(26)28)31-16-19-8-6-5-7-9-19/h5-13,17-18H,14-16H2,1-4H3. The summed E-state index contributed by atoms with van der Waals surface area (Å²) in [6.07, 6.45) is 0.105. The van der Waals surface area contributed by atoms with Gasteiger partial charge in [0.2, 0.25) is 0 Å². The van der Waals surface area contributed by atoms with Gasteiger partial charge in [-0.25, -0.2) is 0 Å². The minimum absolute atomic E-state index is 0.0423. The third kappa shape index (κ3) is 5.99. The summed E-state index contributed by atoms with van der Waals surface area (Å²) in [5, 5.41) is 0. The Balaban J connectivity index is 1.87. The van der Waals surface area contributed by atoms with Crippen LogP contribution in [0, 0.1) is 0 Å². The van der Waals surface area contributed by atoms with E-state index < -0.39 is 0 Å². The molecule has 5 nitrogen and oxygen atoms in total. The topological polar surface area (TPSA) is 55.8 Å². The summed E-state index contributed by atoms with van der Waals surface area (Å²) in [6, 6.07) is 17.3. The number of hydrogen-bond donors (Lipinski definition) is 0. The van der Waals surface area contributed by atoms with Gasteiger partial charge in [0.15, 0.2) is 0 Å². The molecule has 0 bridgehead atoms. The number of benzene rings is 2. The lowest BCUT2D eigenvalue weighted by atomic mass is 10.1. The second-order valence-electron chi connectivity index (χ2n) is 7.85. The molecule has 0 saturated carbocycles. The Bertz CT molecular complexity index is 936. The second kappa shape index (κ2) is 10.6. The molecule has 1 heterocycles. The molecule has 3 rings (SSSR count). The molecule has 164 valence electrons. The summed E-state index contributed by atoms with van der Waals surface area (Å²) in [5.74, 6) is 0.821. The van der Waals surface area contributed by atoms with E-state index in [1.165, 1.54) is 16.7 Å². The van der Waals surface area contributed by atoms with Crippen molar-refractivity contribution in [3.63, 3.8) is 0 Å². The third-order valence-corrected chi connectivity index (χ3v) is 5.78. The summed E-state index contributed by atoms with van der Waals surface area (Å²) < 4.78 is 11.3. The largest absolute Gasteiger partial charge is 0.491 e. The lowest BCUT2D eigenvalue weighted by Gasteiger charge is -2.16. The number of rotatable bonds is 10. The van der Waals surface area contributed by atoms with Crippen molar-refractivity contribution in [3.8, 4) is 5.75 Å². The fourth-order valence-electron chi connectivity index (χ4n) is 3.23. The molecule has 0 radical (unpaired) electrons. The van der Waals surface area contributed by atoms with Crippen molar-refractivity contribution in [2.75, 3.05) is 13.2 Å². The van der Waals surface area contributed by atoms with E-state index in [1.54, 1.807) is 0 Å². The predicted octanol–water partition coefficient (Wildman–Crippen LogP) is 4.91. The molecular formula is C25H29NO4S. The van der Waals surface area contributed by atoms with E-state index in [2.05, 4.69) is 0 Å². The van der Waals surface area contributed by atoms with Gasteiger partial charge < -0.3 is 9.47 Å². The number of hydrogen-bond acceptors (Lipinski definition) is 5. The summed E-state index contributed by atoms with van der Waals surface area (Å²) in [4.78, 5) is 28.2. The van der Waals surface area contributed by atoms with E-state index in [9.17, 15) is 9.59 Å². The summed E-state index contributed by atoms with van der Waals surface area (Å²) in [7, 11) is 0. The third-order valence-electron chi connectivity index (χ3n) is 4.63. The van der Waals surface area contributed by atoms with Gasteiger partial charge in [-0.3, -0.25) is 14.5 Å². The monoisotopic (exact) mass is 439 g/mol. The first-order valence-electron chi connectivity index (χ1n) is 10.5. The van der Waals surface area contributed by atoms with Crippen LogP contribution in [-0.2, 0) is 20.1 Å². The van der Waals surface area contributed by atoms with E-state index >= 15 is 0 Å². The molecule has 0 aliphatic carbocycles. The fourth-order valence-corrected chi connectivity index (χ4v) is 4.31. The molecular weight excluding hydrogens is 410 g/mol. The van der Waals surface area contributed by atoms with Crippen molar-refractivity contribution in [3.05, 3.63) is 70.6 Å². The highest BCUT2D eigenvalue weighted by atomic mass is 32.2. The number of carbonyl (C=O) groups is 2. The van der Waals surface area contributed by atoms with Crippen LogP contribution in [0.2, 0.25) is 0 Å². The van der Waals surface area contributed by atoms with Crippen LogP contribution in [0.4, 0.5) is 0 Å². The Morgan fingerprint density at radius 2 is 1.55 bits per heavy atom. The molecule has 2 amide bonds. The molecule has 0 saturated heterocycles. The Hall–Kier alpha value is -2.57. The molecule has 1 aliphatic rings. The summed E-state index contributed by atoms with van der Waals surface area (Å²) >= 11 is 1.41. The summed E-state index contributed by atoms with van der Waals surface area (Å²) in [5.41, 5.74) is 2.27. The van der Waals surface area contributed by atoms with Crippen LogP contribution in [0.25, 0.3) is 5.57 Å². The molecule has 31 heavy (non-hydrogen) atoms. The van der Waals surface area contributed by atoms with Gasteiger partial charge in [-0.1, -0.05) is 42.5 Å². The number of nitrogens with zero attached hydrogens (tertiary/aromatic N) is 1. The Morgan fingerprint density at radius 3 is 2.16 bits per heavy atom. The first kappa shape index (κ1) is 23.1. The van der Waals surface area contributed by atoms with Crippen molar-refractivity contribution in [1.29, 1.82) is 0 Å². The Labute approximate surface area is 188 Å². The molecule has 6 heteroatoms. The number of carbonyl (C=O) groups excluding carboxylic acids is 2. The minimum atomic E-state index is -0.273. The van der Waals surface area contributed by atoms with Crippen molar-refractivity contribution in [2.45, 2.75) is 45.7 Å².